The maximum atomic E-state index is 12.5. The summed E-state index contributed by atoms with van der Waals surface area (Å²) in [7, 11) is 0. The van der Waals surface area contributed by atoms with Crippen LogP contribution >= 0.6 is 15.9 Å². The summed E-state index contributed by atoms with van der Waals surface area (Å²) in [4.78, 5) is 38.0. The van der Waals surface area contributed by atoms with Gasteiger partial charge in [-0.05, 0) is 42.3 Å². The van der Waals surface area contributed by atoms with Gasteiger partial charge in [0.25, 0.3) is 5.91 Å². The number of amides is 3. The molecule has 0 bridgehead atoms. The summed E-state index contributed by atoms with van der Waals surface area (Å²) in [6.45, 7) is 3.91. The van der Waals surface area contributed by atoms with Gasteiger partial charge >= 0.3 is 6.09 Å². The summed E-state index contributed by atoms with van der Waals surface area (Å²) < 4.78 is 11.3. The Kier molecular flexibility index (Phi) is 6.94. The van der Waals surface area contributed by atoms with Gasteiger partial charge in [0.1, 0.15) is 12.3 Å². The second-order valence-electron chi connectivity index (χ2n) is 7.13. The molecule has 1 aliphatic heterocycles. The SMILES string of the molecule is CC(C)COC(=O)Nc1cccc(NC(=O)CN2C(=O)COc3cc(Br)ccc32)c1. The van der Waals surface area contributed by atoms with Crippen molar-refractivity contribution in [3.63, 3.8) is 0 Å². The molecule has 0 radical (unpaired) electrons. The Bertz CT molecular complexity index is 963. The van der Waals surface area contributed by atoms with E-state index in [4.69, 9.17) is 9.47 Å². The van der Waals surface area contributed by atoms with E-state index in [2.05, 4.69) is 26.6 Å². The van der Waals surface area contributed by atoms with Crippen LogP contribution < -0.4 is 20.3 Å². The van der Waals surface area contributed by atoms with Crippen LogP contribution in [0.5, 0.6) is 5.75 Å². The number of hydrogen-bond donors (Lipinski definition) is 2. The summed E-state index contributed by atoms with van der Waals surface area (Å²) in [5, 5.41) is 5.36. The predicted molar refractivity (Wildman–Crippen MR) is 117 cm³/mol. The third-order valence-electron chi connectivity index (χ3n) is 4.11. The molecule has 0 saturated carbocycles. The molecule has 2 aromatic carbocycles. The molecule has 0 saturated heterocycles. The van der Waals surface area contributed by atoms with Gasteiger partial charge in [-0.1, -0.05) is 35.8 Å². The zero-order valence-electron chi connectivity index (χ0n) is 16.6. The highest BCUT2D eigenvalue weighted by Crippen LogP contribution is 2.34. The fraction of sp³-hybridized carbons (Fsp3) is 0.286. The number of fused-ring (bicyclic) bond motifs is 1. The highest BCUT2D eigenvalue weighted by atomic mass is 79.9. The molecule has 0 aliphatic carbocycles. The zero-order valence-corrected chi connectivity index (χ0v) is 18.2. The van der Waals surface area contributed by atoms with Gasteiger partial charge in [-0.15, -0.1) is 0 Å². The summed E-state index contributed by atoms with van der Waals surface area (Å²) >= 11 is 3.36. The van der Waals surface area contributed by atoms with E-state index in [0.29, 0.717) is 29.4 Å². The lowest BCUT2D eigenvalue weighted by Crippen LogP contribution is -2.43. The first kappa shape index (κ1) is 21.6. The molecule has 3 rings (SSSR count). The van der Waals surface area contributed by atoms with Crippen molar-refractivity contribution < 1.29 is 23.9 Å². The Morgan fingerprint density at radius 2 is 1.90 bits per heavy atom. The van der Waals surface area contributed by atoms with Gasteiger partial charge in [-0.25, -0.2) is 4.79 Å². The molecule has 0 atom stereocenters. The molecular formula is C21H22BrN3O5. The Hall–Kier alpha value is -3.07. The second kappa shape index (κ2) is 9.62. The first-order valence-corrected chi connectivity index (χ1v) is 10.2. The maximum absolute atomic E-state index is 12.5. The van der Waals surface area contributed by atoms with E-state index in [-0.39, 0.29) is 30.9 Å². The number of anilines is 3. The highest BCUT2D eigenvalue weighted by molar-refractivity contribution is 9.10. The minimum Gasteiger partial charge on any atom is -0.482 e. The first-order chi connectivity index (χ1) is 14.3. The number of hydrogen-bond acceptors (Lipinski definition) is 5. The van der Waals surface area contributed by atoms with Crippen LogP contribution in [0.25, 0.3) is 0 Å². The minimum absolute atomic E-state index is 0.130. The number of carbonyl (C=O) groups is 3. The number of nitrogens with one attached hydrogen (secondary N) is 2. The van der Waals surface area contributed by atoms with Gasteiger partial charge in [0.15, 0.2) is 6.61 Å². The fourth-order valence-electron chi connectivity index (χ4n) is 2.77. The molecule has 0 unspecified atom stereocenters. The van der Waals surface area contributed by atoms with E-state index in [9.17, 15) is 14.4 Å². The van der Waals surface area contributed by atoms with Crippen molar-refractivity contribution in [3.8, 4) is 5.75 Å². The van der Waals surface area contributed by atoms with Crippen LogP contribution in [0.1, 0.15) is 13.8 Å². The van der Waals surface area contributed by atoms with Gasteiger partial charge in [0.2, 0.25) is 5.91 Å². The zero-order chi connectivity index (χ0) is 21.7. The van der Waals surface area contributed by atoms with E-state index < -0.39 is 6.09 Å². The number of rotatable bonds is 6. The van der Waals surface area contributed by atoms with Crippen LogP contribution in [0.4, 0.5) is 21.9 Å². The van der Waals surface area contributed by atoms with Crippen molar-refractivity contribution in [3.05, 3.63) is 46.9 Å². The van der Waals surface area contributed by atoms with E-state index in [1.54, 1.807) is 42.5 Å². The normalized spacial score (nSPS) is 12.8. The average molecular weight is 476 g/mol. The van der Waals surface area contributed by atoms with Crippen molar-refractivity contribution >= 4 is 50.9 Å². The van der Waals surface area contributed by atoms with Gasteiger partial charge in [-0.2, -0.15) is 0 Å². The molecule has 0 aromatic heterocycles. The molecule has 30 heavy (non-hydrogen) atoms. The monoisotopic (exact) mass is 475 g/mol. The first-order valence-electron chi connectivity index (χ1n) is 9.38. The van der Waals surface area contributed by atoms with Crippen molar-refractivity contribution in [2.75, 3.05) is 35.3 Å². The predicted octanol–water partition coefficient (Wildman–Crippen LogP) is 4.02. The molecule has 0 fully saturated rings. The minimum atomic E-state index is -0.561. The van der Waals surface area contributed by atoms with Gasteiger partial charge in [0.05, 0.1) is 12.3 Å². The molecule has 2 aromatic rings. The van der Waals surface area contributed by atoms with E-state index in [1.807, 2.05) is 13.8 Å². The summed E-state index contributed by atoms with van der Waals surface area (Å²) in [6, 6.07) is 11.9. The summed E-state index contributed by atoms with van der Waals surface area (Å²) in [5.41, 5.74) is 1.51. The van der Waals surface area contributed by atoms with Crippen LogP contribution in [0, 0.1) is 5.92 Å². The number of halogens is 1. The number of benzene rings is 2. The van der Waals surface area contributed by atoms with Crippen molar-refractivity contribution in [1.82, 2.24) is 0 Å². The maximum Gasteiger partial charge on any atom is 0.411 e. The molecule has 1 heterocycles. The van der Waals surface area contributed by atoms with Gasteiger partial charge in [0, 0.05) is 15.8 Å². The molecule has 0 spiro atoms. The molecular weight excluding hydrogens is 454 g/mol. The standard InChI is InChI=1S/C21H22BrN3O5/c1-13(2)11-30-21(28)24-16-5-3-4-15(9-16)23-19(26)10-25-17-7-6-14(22)8-18(17)29-12-20(25)27/h3-9,13H,10-12H2,1-2H3,(H,23,26)(H,24,28). The summed E-state index contributed by atoms with van der Waals surface area (Å²) in [5.74, 6) is 0.0836. The van der Waals surface area contributed by atoms with E-state index >= 15 is 0 Å². The quantitative estimate of drug-likeness (QED) is 0.657. The third-order valence-corrected chi connectivity index (χ3v) is 4.60. The fourth-order valence-corrected chi connectivity index (χ4v) is 3.11. The number of nitrogens with zero attached hydrogens (tertiary/aromatic N) is 1. The van der Waals surface area contributed by atoms with Crippen LogP contribution in [0.3, 0.4) is 0 Å². The molecule has 8 nitrogen and oxygen atoms in total. The number of carbonyl (C=O) groups excluding carboxylic acids is 3. The van der Waals surface area contributed by atoms with Crippen molar-refractivity contribution in [1.29, 1.82) is 0 Å². The van der Waals surface area contributed by atoms with Crippen LogP contribution in [-0.4, -0.2) is 37.7 Å². The van der Waals surface area contributed by atoms with Gasteiger partial charge < -0.3 is 14.8 Å². The van der Waals surface area contributed by atoms with Crippen LogP contribution in [0.15, 0.2) is 46.9 Å². The Morgan fingerprint density at radius 1 is 1.17 bits per heavy atom. The third kappa shape index (κ3) is 5.73. The van der Waals surface area contributed by atoms with Crippen molar-refractivity contribution in [2.45, 2.75) is 13.8 Å². The second-order valence-corrected chi connectivity index (χ2v) is 8.04. The topological polar surface area (TPSA) is 97.0 Å². The van der Waals surface area contributed by atoms with Crippen LogP contribution in [0.2, 0.25) is 0 Å². The number of ether oxygens (including phenoxy) is 2. The van der Waals surface area contributed by atoms with E-state index in [1.165, 1.54) is 4.90 Å². The highest BCUT2D eigenvalue weighted by Gasteiger charge is 2.27. The molecule has 2 N–H and O–H groups in total. The molecule has 158 valence electrons. The van der Waals surface area contributed by atoms with Gasteiger partial charge in [-0.3, -0.25) is 19.8 Å². The Labute approximate surface area is 182 Å². The lowest BCUT2D eigenvalue weighted by atomic mass is 10.2. The molecule has 9 heteroatoms. The molecule has 3 amide bonds. The largest absolute Gasteiger partial charge is 0.482 e. The summed E-state index contributed by atoms with van der Waals surface area (Å²) in [6.07, 6.45) is -0.561. The smallest absolute Gasteiger partial charge is 0.411 e. The van der Waals surface area contributed by atoms with Crippen molar-refractivity contribution in [2.24, 2.45) is 5.92 Å². The van der Waals surface area contributed by atoms with Crippen LogP contribution in [-0.2, 0) is 14.3 Å². The lowest BCUT2D eigenvalue weighted by Gasteiger charge is -2.29. The average Bonchev–Trinajstić information content (AvgIpc) is 2.69. The Morgan fingerprint density at radius 3 is 2.63 bits per heavy atom. The van der Waals surface area contributed by atoms with E-state index in [0.717, 1.165) is 4.47 Å². The lowest BCUT2D eigenvalue weighted by molar-refractivity contribution is -0.123. The Balaban J connectivity index is 1.63. The molecule has 1 aliphatic rings.